The molecule has 0 amide bonds. The summed E-state index contributed by atoms with van der Waals surface area (Å²) in [4.78, 5) is 3.20. The Morgan fingerprint density at radius 3 is 3.04 bits per heavy atom. The first-order valence-corrected chi connectivity index (χ1v) is 8.22. The summed E-state index contributed by atoms with van der Waals surface area (Å²) in [6.07, 6.45) is 3.66. The molecule has 1 aromatic heterocycles. The Hall–Kier alpha value is -3.06. The second-order valence-corrected chi connectivity index (χ2v) is 5.94. The van der Waals surface area contributed by atoms with Gasteiger partial charge in [0.1, 0.15) is 0 Å². The third kappa shape index (κ3) is 3.41. The predicted molar refractivity (Wildman–Crippen MR) is 101 cm³/mol. The molecule has 0 aliphatic carbocycles. The van der Waals surface area contributed by atoms with Crippen LogP contribution >= 0.6 is 12.2 Å². The molecule has 6 nitrogen and oxygen atoms in total. The summed E-state index contributed by atoms with van der Waals surface area (Å²) in [5.74, 6) is 1.53. The quantitative estimate of drug-likeness (QED) is 0.383. The summed E-state index contributed by atoms with van der Waals surface area (Å²) < 4.78 is 10.7. The van der Waals surface area contributed by atoms with Gasteiger partial charge in [-0.15, -0.1) is 0 Å². The van der Waals surface area contributed by atoms with Crippen molar-refractivity contribution in [2.75, 3.05) is 6.79 Å². The number of rotatable bonds is 4. The van der Waals surface area contributed by atoms with Crippen molar-refractivity contribution in [1.82, 2.24) is 15.7 Å². The molecule has 7 heteroatoms. The number of benzene rings is 2. The molecule has 1 aliphatic heterocycles. The van der Waals surface area contributed by atoms with Gasteiger partial charge in [-0.1, -0.05) is 24.3 Å². The van der Waals surface area contributed by atoms with Gasteiger partial charge in [-0.3, -0.25) is 5.43 Å². The molecule has 0 saturated heterocycles. The highest BCUT2D eigenvalue weighted by Gasteiger charge is 2.12. The normalized spacial score (nSPS) is 12.6. The Balaban J connectivity index is 1.32. The van der Waals surface area contributed by atoms with Crippen LogP contribution in [0, 0.1) is 0 Å². The van der Waals surface area contributed by atoms with E-state index >= 15 is 0 Å². The fourth-order valence-corrected chi connectivity index (χ4v) is 2.76. The minimum absolute atomic E-state index is 0.273. The van der Waals surface area contributed by atoms with Crippen LogP contribution in [0.25, 0.3) is 10.9 Å². The molecule has 25 heavy (non-hydrogen) atoms. The van der Waals surface area contributed by atoms with E-state index in [0.29, 0.717) is 11.7 Å². The molecule has 2 aromatic carbocycles. The van der Waals surface area contributed by atoms with Gasteiger partial charge < -0.3 is 19.8 Å². The molecule has 0 spiro atoms. The number of nitrogens with zero attached hydrogens (tertiary/aromatic N) is 1. The van der Waals surface area contributed by atoms with Gasteiger partial charge >= 0.3 is 0 Å². The van der Waals surface area contributed by atoms with Gasteiger partial charge in [-0.2, -0.15) is 5.10 Å². The van der Waals surface area contributed by atoms with Gasteiger partial charge in [0.2, 0.25) is 6.79 Å². The zero-order chi connectivity index (χ0) is 17.1. The molecule has 0 bridgehead atoms. The van der Waals surface area contributed by atoms with Crippen molar-refractivity contribution in [2.24, 2.45) is 5.10 Å². The monoisotopic (exact) mass is 352 g/mol. The highest BCUT2D eigenvalue weighted by atomic mass is 32.1. The highest BCUT2D eigenvalue weighted by Crippen LogP contribution is 2.32. The zero-order valence-corrected chi connectivity index (χ0v) is 14.1. The number of hydrogen-bond acceptors (Lipinski definition) is 4. The van der Waals surface area contributed by atoms with E-state index in [4.69, 9.17) is 21.7 Å². The van der Waals surface area contributed by atoms with Gasteiger partial charge in [0.05, 0.1) is 6.21 Å². The molecule has 2 heterocycles. The van der Waals surface area contributed by atoms with Gasteiger partial charge in [0, 0.05) is 29.2 Å². The number of aromatic amines is 1. The van der Waals surface area contributed by atoms with Crippen LogP contribution in [0.4, 0.5) is 0 Å². The number of thiocarbonyl (C=S) groups is 1. The Morgan fingerprint density at radius 2 is 2.08 bits per heavy atom. The maximum Gasteiger partial charge on any atom is 0.231 e. The number of hydrogen-bond donors (Lipinski definition) is 3. The van der Waals surface area contributed by atoms with E-state index < -0.39 is 0 Å². The Kier molecular flexibility index (Phi) is 4.22. The van der Waals surface area contributed by atoms with Gasteiger partial charge in [0.15, 0.2) is 16.6 Å². The van der Waals surface area contributed by atoms with Crippen LogP contribution in [0.3, 0.4) is 0 Å². The number of H-pyrrole nitrogens is 1. The van der Waals surface area contributed by atoms with Crippen molar-refractivity contribution >= 4 is 34.4 Å². The topological polar surface area (TPSA) is 70.7 Å². The second kappa shape index (κ2) is 6.82. The smallest absolute Gasteiger partial charge is 0.231 e. The molecule has 1 aliphatic rings. The van der Waals surface area contributed by atoms with Crippen molar-refractivity contribution in [3.63, 3.8) is 0 Å². The minimum Gasteiger partial charge on any atom is -0.454 e. The van der Waals surface area contributed by atoms with Gasteiger partial charge in [0.25, 0.3) is 0 Å². The molecule has 3 aromatic rings. The average Bonchev–Trinajstić information content (AvgIpc) is 3.26. The summed E-state index contributed by atoms with van der Waals surface area (Å²) in [5.41, 5.74) is 5.96. The minimum atomic E-state index is 0.273. The van der Waals surface area contributed by atoms with Gasteiger partial charge in [-0.25, -0.2) is 0 Å². The number of aromatic nitrogens is 1. The third-order valence-corrected chi connectivity index (χ3v) is 4.12. The Morgan fingerprint density at radius 1 is 1.20 bits per heavy atom. The predicted octanol–water partition coefficient (Wildman–Crippen LogP) is 2.89. The Labute approximate surface area is 149 Å². The summed E-state index contributed by atoms with van der Waals surface area (Å²) in [6.45, 7) is 0.847. The maximum atomic E-state index is 5.36. The van der Waals surface area contributed by atoms with Crippen molar-refractivity contribution in [3.8, 4) is 11.5 Å². The second-order valence-electron chi connectivity index (χ2n) is 5.53. The van der Waals surface area contributed by atoms with Crippen LogP contribution < -0.4 is 20.2 Å². The maximum absolute atomic E-state index is 5.36. The third-order valence-electron chi connectivity index (χ3n) is 3.88. The lowest BCUT2D eigenvalue weighted by Crippen LogP contribution is -2.31. The molecular weight excluding hydrogens is 336 g/mol. The van der Waals surface area contributed by atoms with Crippen LogP contribution in [-0.2, 0) is 6.54 Å². The summed E-state index contributed by atoms with van der Waals surface area (Å²) >= 11 is 5.24. The van der Waals surface area contributed by atoms with E-state index in [-0.39, 0.29) is 6.79 Å². The van der Waals surface area contributed by atoms with Crippen LogP contribution in [0.1, 0.15) is 11.1 Å². The van der Waals surface area contributed by atoms with Gasteiger partial charge in [-0.05, 0) is 36.0 Å². The number of para-hydroxylation sites is 1. The SMILES string of the molecule is S=C(NCc1ccc2c(c1)OCO2)N/N=C/c1c[nH]c2ccccc12. The van der Waals surface area contributed by atoms with Crippen LogP contribution in [0.15, 0.2) is 53.8 Å². The fraction of sp³-hybridized carbons (Fsp3) is 0.111. The lowest BCUT2D eigenvalue weighted by Gasteiger charge is -2.07. The number of hydrazone groups is 1. The first-order valence-electron chi connectivity index (χ1n) is 7.81. The van der Waals surface area contributed by atoms with Crippen molar-refractivity contribution in [3.05, 3.63) is 59.8 Å². The molecule has 0 radical (unpaired) electrons. The Bertz CT molecular complexity index is 951. The molecule has 126 valence electrons. The molecular formula is C18H16N4O2S. The molecule has 0 atom stereocenters. The van der Waals surface area contributed by atoms with Crippen molar-refractivity contribution in [2.45, 2.75) is 6.54 Å². The van der Waals surface area contributed by atoms with Crippen molar-refractivity contribution in [1.29, 1.82) is 0 Å². The lowest BCUT2D eigenvalue weighted by atomic mass is 10.2. The van der Waals surface area contributed by atoms with E-state index in [9.17, 15) is 0 Å². The average molecular weight is 352 g/mol. The number of ether oxygens (including phenoxy) is 2. The first kappa shape index (κ1) is 15.5. The highest BCUT2D eigenvalue weighted by molar-refractivity contribution is 7.80. The molecule has 0 saturated carbocycles. The molecule has 3 N–H and O–H groups in total. The van der Waals surface area contributed by atoms with E-state index in [1.54, 1.807) is 6.21 Å². The zero-order valence-electron chi connectivity index (χ0n) is 13.3. The van der Waals surface area contributed by atoms with Crippen LogP contribution in [0.5, 0.6) is 11.5 Å². The van der Waals surface area contributed by atoms with Crippen LogP contribution in [0.2, 0.25) is 0 Å². The van der Waals surface area contributed by atoms with E-state index in [0.717, 1.165) is 33.5 Å². The van der Waals surface area contributed by atoms with E-state index in [2.05, 4.69) is 20.8 Å². The van der Waals surface area contributed by atoms with Crippen molar-refractivity contribution < 1.29 is 9.47 Å². The standard InChI is InChI=1S/C18H16N4O2S/c25-18(20-8-12-5-6-16-17(7-12)24-11-23-16)22-21-10-13-9-19-15-4-2-1-3-14(13)15/h1-7,9-10,19H,8,11H2,(H2,20,22,25)/b21-10+. The largest absolute Gasteiger partial charge is 0.454 e. The molecule has 4 rings (SSSR count). The lowest BCUT2D eigenvalue weighted by molar-refractivity contribution is 0.174. The molecule has 0 unspecified atom stereocenters. The number of fused-ring (bicyclic) bond motifs is 2. The summed E-state index contributed by atoms with van der Waals surface area (Å²) in [6, 6.07) is 13.9. The first-order chi connectivity index (χ1) is 12.3. The van der Waals surface area contributed by atoms with E-state index in [1.165, 1.54) is 0 Å². The summed E-state index contributed by atoms with van der Waals surface area (Å²) in [7, 11) is 0. The number of nitrogens with one attached hydrogen (secondary N) is 3. The van der Waals surface area contributed by atoms with Crippen LogP contribution in [-0.4, -0.2) is 23.1 Å². The fourth-order valence-electron chi connectivity index (χ4n) is 2.63. The summed E-state index contributed by atoms with van der Waals surface area (Å²) in [5, 5.41) is 8.87. The molecule has 0 fully saturated rings. The van der Waals surface area contributed by atoms with E-state index in [1.807, 2.05) is 48.7 Å².